The van der Waals surface area contributed by atoms with E-state index in [0.717, 1.165) is 24.2 Å². The van der Waals surface area contributed by atoms with Crippen molar-refractivity contribution in [3.05, 3.63) is 105 Å². The molecular formula is C27H27N5OS. The van der Waals surface area contributed by atoms with Gasteiger partial charge in [0.15, 0.2) is 0 Å². The van der Waals surface area contributed by atoms with Gasteiger partial charge in [0.2, 0.25) is 10.5 Å². The molecule has 0 fully saturated rings. The standard InChI is InChI=1S/C27H27N5OS/c1-4-20-13-15-22(16-14-20)31-25(33)23-7-5-6-8-24(23)32-26(31)28-30(27(32)34)18-29(3)17-21-11-9-19(2)10-12-21/h5-16H,4,17-18H2,1-3H3. The van der Waals surface area contributed by atoms with Gasteiger partial charge in [-0.2, -0.15) is 0 Å². The van der Waals surface area contributed by atoms with Crippen LogP contribution >= 0.6 is 12.2 Å². The highest BCUT2D eigenvalue weighted by Gasteiger charge is 2.17. The Labute approximate surface area is 203 Å². The summed E-state index contributed by atoms with van der Waals surface area (Å²) >= 11 is 5.87. The molecule has 0 spiro atoms. The summed E-state index contributed by atoms with van der Waals surface area (Å²) in [5.41, 5.74) is 5.12. The molecule has 0 amide bonds. The molecule has 3 aromatic carbocycles. The maximum atomic E-state index is 13.6. The third kappa shape index (κ3) is 3.97. The predicted molar refractivity (Wildman–Crippen MR) is 139 cm³/mol. The first-order chi connectivity index (χ1) is 16.5. The van der Waals surface area contributed by atoms with Crippen LogP contribution in [0.1, 0.15) is 23.6 Å². The lowest BCUT2D eigenvalue weighted by atomic mass is 10.1. The number of hydrogen-bond acceptors (Lipinski definition) is 4. The van der Waals surface area contributed by atoms with Crippen LogP contribution in [0.25, 0.3) is 22.4 Å². The number of nitrogens with zero attached hydrogens (tertiary/aromatic N) is 5. The number of fused-ring (bicyclic) bond motifs is 3. The van der Waals surface area contributed by atoms with E-state index in [9.17, 15) is 4.79 Å². The monoisotopic (exact) mass is 469 g/mol. The van der Waals surface area contributed by atoms with Crippen molar-refractivity contribution in [2.24, 2.45) is 0 Å². The smallest absolute Gasteiger partial charge is 0.267 e. The van der Waals surface area contributed by atoms with E-state index in [2.05, 4.69) is 55.1 Å². The molecule has 0 N–H and O–H groups in total. The van der Waals surface area contributed by atoms with Crippen molar-refractivity contribution in [1.29, 1.82) is 0 Å². The van der Waals surface area contributed by atoms with Gasteiger partial charge in [0, 0.05) is 6.54 Å². The molecule has 34 heavy (non-hydrogen) atoms. The molecule has 0 aliphatic rings. The Morgan fingerprint density at radius 2 is 1.62 bits per heavy atom. The average Bonchev–Trinajstić information content (AvgIpc) is 3.16. The van der Waals surface area contributed by atoms with Gasteiger partial charge < -0.3 is 0 Å². The summed E-state index contributed by atoms with van der Waals surface area (Å²) in [7, 11) is 2.04. The Hall–Kier alpha value is -3.55. The number of para-hydroxylation sites is 1. The zero-order valence-electron chi connectivity index (χ0n) is 19.6. The first-order valence-corrected chi connectivity index (χ1v) is 11.8. The molecule has 5 rings (SSSR count). The summed E-state index contributed by atoms with van der Waals surface area (Å²) in [6, 6.07) is 24.1. The summed E-state index contributed by atoms with van der Waals surface area (Å²) in [6.45, 7) is 5.47. The number of benzene rings is 3. The van der Waals surface area contributed by atoms with Crippen LogP contribution in [0.2, 0.25) is 0 Å². The number of aryl methyl sites for hydroxylation is 2. The molecule has 0 bridgehead atoms. The van der Waals surface area contributed by atoms with Gasteiger partial charge in [-0.1, -0.05) is 61.0 Å². The minimum atomic E-state index is -0.104. The van der Waals surface area contributed by atoms with Crippen molar-refractivity contribution < 1.29 is 0 Å². The number of rotatable bonds is 6. The van der Waals surface area contributed by atoms with Gasteiger partial charge in [0.25, 0.3) is 5.56 Å². The van der Waals surface area contributed by atoms with Crippen LogP contribution in [0.5, 0.6) is 0 Å². The summed E-state index contributed by atoms with van der Waals surface area (Å²) in [5, 5.41) is 5.44. The Kier molecular flexibility index (Phi) is 5.89. The lowest BCUT2D eigenvalue weighted by Gasteiger charge is -2.16. The number of hydrogen-bond donors (Lipinski definition) is 0. The van der Waals surface area contributed by atoms with Gasteiger partial charge in [0.05, 0.1) is 23.3 Å². The Bertz CT molecular complexity index is 1590. The van der Waals surface area contributed by atoms with Gasteiger partial charge in [-0.25, -0.2) is 9.25 Å². The average molecular weight is 470 g/mol. The fraction of sp³-hybridized carbons (Fsp3) is 0.222. The van der Waals surface area contributed by atoms with Crippen molar-refractivity contribution in [3.8, 4) is 5.69 Å². The normalized spacial score (nSPS) is 11.6. The summed E-state index contributed by atoms with van der Waals surface area (Å²) in [4.78, 5) is 15.7. The van der Waals surface area contributed by atoms with Crippen LogP contribution in [0.15, 0.2) is 77.6 Å². The highest BCUT2D eigenvalue weighted by molar-refractivity contribution is 7.71. The van der Waals surface area contributed by atoms with Crippen LogP contribution in [0, 0.1) is 11.7 Å². The zero-order chi connectivity index (χ0) is 23.8. The SMILES string of the molecule is CCc1ccc(-n2c(=O)c3ccccc3n3c(=S)n(CN(C)Cc4ccc(C)cc4)nc23)cc1. The van der Waals surface area contributed by atoms with Crippen molar-refractivity contribution in [2.75, 3.05) is 7.05 Å². The Morgan fingerprint density at radius 3 is 2.32 bits per heavy atom. The first-order valence-electron chi connectivity index (χ1n) is 11.4. The van der Waals surface area contributed by atoms with E-state index >= 15 is 0 Å². The van der Waals surface area contributed by atoms with E-state index < -0.39 is 0 Å². The highest BCUT2D eigenvalue weighted by atomic mass is 32.1. The van der Waals surface area contributed by atoms with Gasteiger partial charge in [-0.3, -0.25) is 14.1 Å². The molecule has 0 atom stereocenters. The Balaban J connectivity index is 1.64. The van der Waals surface area contributed by atoms with E-state index in [0.29, 0.717) is 22.6 Å². The second-order valence-corrected chi connectivity index (χ2v) is 9.10. The van der Waals surface area contributed by atoms with Gasteiger partial charge in [-0.05, 0) is 68.0 Å². The molecular weight excluding hydrogens is 442 g/mol. The van der Waals surface area contributed by atoms with E-state index in [1.807, 2.05) is 47.8 Å². The van der Waals surface area contributed by atoms with E-state index in [-0.39, 0.29) is 5.56 Å². The van der Waals surface area contributed by atoms with Crippen LogP contribution in [0.3, 0.4) is 0 Å². The quantitative estimate of drug-likeness (QED) is 0.324. The van der Waals surface area contributed by atoms with E-state index in [4.69, 9.17) is 17.3 Å². The fourth-order valence-corrected chi connectivity index (χ4v) is 4.58. The molecule has 0 unspecified atom stereocenters. The summed E-state index contributed by atoms with van der Waals surface area (Å²) in [6.07, 6.45) is 0.940. The summed E-state index contributed by atoms with van der Waals surface area (Å²) in [5.74, 6) is 0.515. The lowest BCUT2D eigenvalue weighted by Crippen LogP contribution is -2.23. The van der Waals surface area contributed by atoms with Gasteiger partial charge >= 0.3 is 0 Å². The highest BCUT2D eigenvalue weighted by Crippen LogP contribution is 2.18. The molecule has 2 heterocycles. The minimum absolute atomic E-state index is 0.104. The first kappa shape index (κ1) is 22.3. The predicted octanol–water partition coefficient (Wildman–Crippen LogP) is 5.13. The molecule has 172 valence electrons. The molecule has 6 nitrogen and oxygen atoms in total. The molecule has 0 aliphatic heterocycles. The molecule has 2 aromatic heterocycles. The second kappa shape index (κ2) is 9.00. The van der Waals surface area contributed by atoms with Gasteiger partial charge in [0.1, 0.15) is 0 Å². The Morgan fingerprint density at radius 1 is 0.941 bits per heavy atom. The van der Waals surface area contributed by atoms with Crippen LogP contribution < -0.4 is 5.56 Å². The van der Waals surface area contributed by atoms with Crippen molar-refractivity contribution in [3.63, 3.8) is 0 Å². The van der Waals surface area contributed by atoms with Gasteiger partial charge in [-0.15, -0.1) is 5.10 Å². The third-order valence-corrected chi connectivity index (χ3v) is 6.55. The largest absolute Gasteiger partial charge is 0.283 e. The molecule has 0 aliphatic carbocycles. The van der Waals surface area contributed by atoms with Crippen LogP contribution in [-0.4, -0.2) is 30.7 Å². The van der Waals surface area contributed by atoms with E-state index in [1.165, 1.54) is 16.7 Å². The van der Waals surface area contributed by atoms with Crippen molar-refractivity contribution >= 4 is 28.9 Å². The summed E-state index contributed by atoms with van der Waals surface area (Å²) < 4.78 is 5.91. The molecule has 0 saturated heterocycles. The topological polar surface area (TPSA) is 47.5 Å². The zero-order valence-corrected chi connectivity index (χ0v) is 20.4. The van der Waals surface area contributed by atoms with Crippen molar-refractivity contribution in [1.82, 2.24) is 23.6 Å². The fourth-order valence-electron chi connectivity index (χ4n) is 4.30. The minimum Gasteiger partial charge on any atom is -0.283 e. The second-order valence-electron chi connectivity index (χ2n) is 8.74. The lowest BCUT2D eigenvalue weighted by molar-refractivity contribution is 0.244. The molecule has 0 radical (unpaired) electrons. The van der Waals surface area contributed by atoms with E-state index in [1.54, 1.807) is 9.25 Å². The maximum Gasteiger partial charge on any atom is 0.267 e. The molecule has 7 heteroatoms. The van der Waals surface area contributed by atoms with Crippen LogP contribution in [0.4, 0.5) is 0 Å². The van der Waals surface area contributed by atoms with Crippen molar-refractivity contribution in [2.45, 2.75) is 33.5 Å². The molecule has 0 saturated carbocycles. The third-order valence-electron chi connectivity index (χ3n) is 6.15. The number of aromatic nitrogens is 4. The maximum absolute atomic E-state index is 13.6. The molecule has 5 aromatic rings. The van der Waals surface area contributed by atoms with Crippen LogP contribution in [-0.2, 0) is 19.6 Å².